The summed E-state index contributed by atoms with van der Waals surface area (Å²) in [7, 11) is 1.66. The van der Waals surface area contributed by atoms with Crippen molar-refractivity contribution < 1.29 is 9.94 Å². The standard InChI is InChI=1S/C17H21NO2/c1-12(2)11-16-15(5-4-6-17(16)18-19)13-7-9-14(20-3)10-8-13/h7-10,19H,1,4-6,11H2,2-3H3/b18-17+. The molecule has 1 N–H and O–H groups in total. The van der Waals surface area contributed by atoms with Gasteiger partial charge in [-0.3, -0.25) is 0 Å². The molecule has 3 heteroatoms. The van der Waals surface area contributed by atoms with Crippen molar-refractivity contribution in [1.29, 1.82) is 0 Å². The Morgan fingerprint density at radius 3 is 2.55 bits per heavy atom. The van der Waals surface area contributed by atoms with Crippen LogP contribution in [0.3, 0.4) is 0 Å². The van der Waals surface area contributed by atoms with Crippen LogP contribution in [0.4, 0.5) is 0 Å². The zero-order valence-corrected chi connectivity index (χ0v) is 12.1. The van der Waals surface area contributed by atoms with Gasteiger partial charge in [-0.1, -0.05) is 29.4 Å². The normalized spacial score (nSPS) is 17.4. The van der Waals surface area contributed by atoms with Gasteiger partial charge in [0.2, 0.25) is 0 Å². The smallest absolute Gasteiger partial charge is 0.118 e. The largest absolute Gasteiger partial charge is 0.497 e. The molecule has 0 bridgehead atoms. The summed E-state index contributed by atoms with van der Waals surface area (Å²) in [6.45, 7) is 5.98. The number of oxime groups is 1. The third-order valence-corrected chi connectivity index (χ3v) is 3.59. The minimum absolute atomic E-state index is 0.765. The highest BCUT2D eigenvalue weighted by molar-refractivity contribution is 6.07. The number of ether oxygens (including phenoxy) is 1. The molecule has 0 heterocycles. The molecule has 0 saturated carbocycles. The molecule has 106 valence electrons. The molecule has 20 heavy (non-hydrogen) atoms. The monoisotopic (exact) mass is 271 g/mol. The van der Waals surface area contributed by atoms with Crippen molar-refractivity contribution >= 4 is 11.3 Å². The first-order valence-electron chi connectivity index (χ1n) is 6.88. The molecular weight excluding hydrogens is 250 g/mol. The molecule has 1 aromatic carbocycles. The molecule has 0 atom stereocenters. The minimum atomic E-state index is 0.765. The summed E-state index contributed by atoms with van der Waals surface area (Å²) < 4.78 is 5.20. The van der Waals surface area contributed by atoms with Crippen LogP contribution < -0.4 is 4.74 Å². The topological polar surface area (TPSA) is 41.8 Å². The Hall–Kier alpha value is -2.03. The highest BCUT2D eigenvalue weighted by atomic mass is 16.5. The average molecular weight is 271 g/mol. The van der Waals surface area contributed by atoms with Gasteiger partial charge in [0, 0.05) is 0 Å². The molecule has 1 aliphatic rings. The lowest BCUT2D eigenvalue weighted by Crippen LogP contribution is -2.12. The third kappa shape index (κ3) is 3.10. The van der Waals surface area contributed by atoms with Crippen LogP contribution in [-0.4, -0.2) is 18.0 Å². The lowest BCUT2D eigenvalue weighted by Gasteiger charge is -2.22. The van der Waals surface area contributed by atoms with E-state index >= 15 is 0 Å². The number of allylic oxidation sites excluding steroid dienone is 3. The van der Waals surface area contributed by atoms with Crippen LogP contribution in [0.2, 0.25) is 0 Å². The third-order valence-electron chi connectivity index (χ3n) is 3.59. The molecule has 3 nitrogen and oxygen atoms in total. The van der Waals surface area contributed by atoms with Gasteiger partial charge in [0.25, 0.3) is 0 Å². The maximum absolute atomic E-state index is 9.23. The molecule has 0 aliphatic heterocycles. The van der Waals surface area contributed by atoms with Crippen molar-refractivity contribution in [2.75, 3.05) is 7.11 Å². The number of hydrogen-bond acceptors (Lipinski definition) is 3. The lowest BCUT2D eigenvalue weighted by molar-refractivity contribution is 0.317. The number of benzene rings is 1. The van der Waals surface area contributed by atoms with Gasteiger partial charge in [-0.2, -0.15) is 0 Å². The first-order valence-corrected chi connectivity index (χ1v) is 6.88. The zero-order valence-electron chi connectivity index (χ0n) is 12.1. The fraction of sp³-hybridized carbons (Fsp3) is 0.353. The van der Waals surface area contributed by atoms with Gasteiger partial charge in [0.05, 0.1) is 12.8 Å². The molecule has 1 aromatic rings. The molecule has 0 aromatic heterocycles. The Kier molecular flexibility index (Phi) is 4.61. The van der Waals surface area contributed by atoms with Crippen LogP contribution in [0.5, 0.6) is 5.75 Å². The second-order valence-electron chi connectivity index (χ2n) is 5.22. The van der Waals surface area contributed by atoms with Crippen LogP contribution in [0.15, 0.2) is 47.1 Å². The predicted molar refractivity (Wildman–Crippen MR) is 82.4 cm³/mol. The molecule has 0 amide bonds. The Bertz CT molecular complexity index is 553. The Labute approximate surface area is 120 Å². The summed E-state index contributed by atoms with van der Waals surface area (Å²) in [6, 6.07) is 8.05. The molecule has 0 fully saturated rings. The SMILES string of the molecule is C=C(C)CC1=C(c2ccc(OC)cc2)CCC/C1=N\O. The number of rotatable bonds is 4. The van der Waals surface area contributed by atoms with E-state index in [1.54, 1.807) is 7.11 Å². The molecule has 0 saturated heterocycles. The maximum atomic E-state index is 9.23. The first kappa shape index (κ1) is 14.4. The molecular formula is C17H21NO2. The van der Waals surface area contributed by atoms with Crippen LogP contribution in [-0.2, 0) is 0 Å². The summed E-state index contributed by atoms with van der Waals surface area (Å²) >= 11 is 0. The first-order chi connectivity index (χ1) is 9.65. The highest BCUT2D eigenvalue weighted by Gasteiger charge is 2.20. The maximum Gasteiger partial charge on any atom is 0.118 e. The Morgan fingerprint density at radius 1 is 1.30 bits per heavy atom. The predicted octanol–water partition coefficient (Wildman–Crippen LogP) is 4.43. The molecule has 0 spiro atoms. The fourth-order valence-electron chi connectivity index (χ4n) is 2.64. The Balaban J connectivity index is 2.45. The van der Waals surface area contributed by atoms with Crippen molar-refractivity contribution in [2.45, 2.75) is 32.6 Å². The van der Waals surface area contributed by atoms with E-state index in [4.69, 9.17) is 4.74 Å². The quantitative estimate of drug-likeness (QED) is 0.500. The van der Waals surface area contributed by atoms with Gasteiger partial charge in [-0.25, -0.2) is 0 Å². The van der Waals surface area contributed by atoms with E-state index < -0.39 is 0 Å². The van der Waals surface area contributed by atoms with Gasteiger partial charge in [0.1, 0.15) is 5.75 Å². The second kappa shape index (κ2) is 6.42. The van der Waals surface area contributed by atoms with E-state index in [1.807, 2.05) is 19.1 Å². The van der Waals surface area contributed by atoms with Gasteiger partial charge in [-0.05, 0) is 61.4 Å². The van der Waals surface area contributed by atoms with Crippen LogP contribution >= 0.6 is 0 Å². The Morgan fingerprint density at radius 2 is 2.00 bits per heavy atom. The highest BCUT2D eigenvalue weighted by Crippen LogP contribution is 2.34. The van der Waals surface area contributed by atoms with E-state index in [9.17, 15) is 5.21 Å². The van der Waals surface area contributed by atoms with Crippen molar-refractivity contribution in [3.63, 3.8) is 0 Å². The van der Waals surface area contributed by atoms with E-state index in [0.717, 1.165) is 48.3 Å². The molecule has 2 rings (SSSR count). The van der Waals surface area contributed by atoms with E-state index in [0.29, 0.717) is 0 Å². The number of nitrogens with zero attached hydrogens (tertiary/aromatic N) is 1. The van der Waals surface area contributed by atoms with Crippen LogP contribution in [0.1, 0.15) is 38.2 Å². The van der Waals surface area contributed by atoms with E-state index in [1.165, 1.54) is 11.1 Å². The van der Waals surface area contributed by atoms with Gasteiger partial charge in [0.15, 0.2) is 0 Å². The number of hydrogen-bond donors (Lipinski definition) is 1. The summed E-state index contributed by atoms with van der Waals surface area (Å²) in [5.41, 5.74) is 5.42. The van der Waals surface area contributed by atoms with Crippen molar-refractivity contribution in [2.24, 2.45) is 5.16 Å². The lowest BCUT2D eigenvalue weighted by atomic mass is 9.83. The van der Waals surface area contributed by atoms with Crippen LogP contribution in [0.25, 0.3) is 5.57 Å². The van der Waals surface area contributed by atoms with Gasteiger partial charge >= 0.3 is 0 Å². The van der Waals surface area contributed by atoms with Gasteiger partial charge in [-0.15, -0.1) is 0 Å². The van der Waals surface area contributed by atoms with E-state index in [-0.39, 0.29) is 0 Å². The molecule has 1 aliphatic carbocycles. The van der Waals surface area contributed by atoms with Crippen molar-refractivity contribution in [3.8, 4) is 5.75 Å². The fourth-order valence-corrected chi connectivity index (χ4v) is 2.64. The number of methoxy groups -OCH3 is 1. The van der Waals surface area contributed by atoms with Crippen molar-refractivity contribution in [3.05, 3.63) is 47.6 Å². The van der Waals surface area contributed by atoms with Crippen LogP contribution in [0, 0.1) is 0 Å². The van der Waals surface area contributed by atoms with E-state index in [2.05, 4.69) is 23.9 Å². The summed E-state index contributed by atoms with van der Waals surface area (Å²) in [6.07, 6.45) is 3.62. The van der Waals surface area contributed by atoms with Gasteiger partial charge < -0.3 is 9.94 Å². The molecule has 0 unspecified atom stereocenters. The molecule has 0 radical (unpaired) electrons. The second-order valence-corrected chi connectivity index (χ2v) is 5.22. The van der Waals surface area contributed by atoms with Crippen molar-refractivity contribution in [1.82, 2.24) is 0 Å². The summed E-state index contributed by atoms with van der Waals surface area (Å²) in [4.78, 5) is 0. The average Bonchev–Trinajstić information content (AvgIpc) is 2.47. The summed E-state index contributed by atoms with van der Waals surface area (Å²) in [5, 5.41) is 12.7. The minimum Gasteiger partial charge on any atom is -0.497 e. The zero-order chi connectivity index (χ0) is 14.5. The summed E-state index contributed by atoms with van der Waals surface area (Å²) in [5.74, 6) is 0.850.